The molecule has 0 heterocycles. The third kappa shape index (κ3) is 1.65. The molecule has 12 heavy (non-hydrogen) atoms. The first-order chi connectivity index (χ1) is 5.55. The van der Waals surface area contributed by atoms with Gasteiger partial charge in [-0.05, 0) is 19.4 Å². The molecule has 1 aromatic carbocycles. The summed E-state index contributed by atoms with van der Waals surface area (Å²) < 4.78 is 0. The lowest BCUT2D eigenvalue weighted by Gasteiger charge is -2.26. The molecule has 0 aliphatic carbocycles. The van der Waals surface area contributed by atoms with E-state index in [0.717, 1.165) is 5.56 Å². The molecule has 0 saturated carbocycles. The van der Waals surface area contributed by atoms with Crippen LogP contribution in [0.3, 0.4) is 0 Å². The Morgan fingerprint density at radius 1 is 1.25 bits per heavy atom. The minimum absolute atomic E-state index is 0.736. The number of hydrogen-bond donors (Lipinski definition) is 2. The monoisotopic (exact) mass is 166 g/mol. The summed E-state index contributed by atoms with van der Waals surface area (Å²) in [4.78, 5) is 0. The van der Waals surface area contributed by atoms with Gasteiger partial charge in [0.05, 0.1) is 6.10 Å². The Labute approximate surface area is 72.5 Å². The van der Waals surface area contributed by atoms with Crippen LogP contribution in [0.2, 0.25) is 0 Å². The second-order valence-electron chi connectivity index (χ2n) is 3.19. The summed E-state index contributed by atoms with van der Waals surface area (Å²) in [5.74, 6) is 0. The van der Waals surface area contributed by atoms with E-state index in [1.54, 1.807) is 26.0 Å². The summed E-state index contributed by atoms with van der Waals surface area (Å²) in [6.07, 6.45) is -0.764. The van der Waals surface area contributed by atoms with Crippen molar-refractivity contribution in [2.45, 2.75) is 25.6 Å². The molecule has 0 aliphatic rings. The lowest BCUT2D eigenvalue weighted by molar-refractivity contribution is -0.0569. The molecular formula is C10H14O2. The van der Waals surface area contributed by atoms with Gasteiger partial charge in [0.25, 0.3) is 0 Å². The maximum absolute atomic E-state index is 9.81. The Kier molecular flexibility index (Phi) is 2.50. The lowest BCUT2D eigenvalue weighted by Crippen LogP contribution is -2.33. The van der Waals surface area contributed by atoms with Crippen LogP contribution < -0.4 is 0 Å². The molecule has 66 valence electrons. The molecular weight excluding hydrogens is 152 g/mol. The molecule has 2 N–H and O–H groups in total. The van der Waals surface area contributed by atoms with Gasteiger partial charge in [0, 0.05) is 0 Å². The van der Waals surface area contributed by atoms with Crippen molar-refractivity contribution in [3.63, 3.8) is 0 Å². The molecule has 0 bridgehead atoms. The highest BCUT2D eigenvalue weighted by molar-refractivity contribution is 5.22. The van der Waals surface area contributed by atoms with Gasteiger partial charge in [-0.1, -0.05) is 30.3 Å². The minimum Gasteiger partial charge on any atom is -0.390 e. The summed E-state index contributed by atoms with van der Waals surface area (Å²) in [5, 5.41) is 19.1. The van der Waals surface area contributed by atoms with Gasteiger partial charge in [0.1, 0.15) is 5.60 Å². The first-order valence-corrected chi connectivity index (χ1v) is 4.01. The van der Waals surface area contributed by atoms with Crippen LogP contribution >= 0.6 is 0 Å². The Balaban J connectivity index is 2.98. The fourth-order valence-corrected chi connectivity index (χ4v) is 1.02. The first-order valence-electron chi connectivity index (χ1n) is 4.01. The van der Waals surface area contributed by atoms with Crippen LogP contribution in [0, 0.1) is 0 Å². The van der Waals surface area contributed by atoms with Crippen LogP contribution in [0.5, 0.6) is 0 Å². The van der Waals surface area contributed by atoms with E-state index in [0.29, 0.717) is 0 Å². The van der Waals surface area contributed by atoms with Crippen LogP contribution in [0.4, 0.5) is 0 Å². The zero-order valence-corrected chi connectivity index (χ0v) is 7.36. The van der Waals surface area contributed by atoms with E-state index in [1.807, 2.05) is 18.2 Å². The van der Waals surface area contributed by atoms with Crippen molar-refractivity contribution in [3.8, 4) is 0 Å². The zero-order chi connectivity index (χ0) is 9.19. The second-order valence-corrected chi connectivity index (χ2v) is 3.19. The summed E-state index contributed by atoms with van der Waals surface area (Å²) in [6.45, 7) is 3.18. The van der Waals surface area contributed by atoms with Crippen molar-refractivity contribution < 1.29 is 10.2 Å². The van der Waals surface area contributed by atoms with Crippen LogP contribution in [0.25, 0.3) is 0 Å². The van der Waals surface area contributed by atoms with Crippen molar-refractivity contribution in [3.05, 3.63) is 35.9 Å². The molecule has 0 aliphatic heterocycles. The van der Waals surface area contributed by atoms with E-state index in [1.165, 1.54) is 0 Å². The van der Waals surface area contributed by atoms with Gasteiger partial charge in [0.2, 0.25) is 0 Å². The number of aliphatic hydroxyl groups is 2. The van der Waals surface area contributed by atoms with Gasteiger partial charge >= 0.3 is 0 Å². The van der Waals surface area contributed by atoms with E-state index in [-0.39, 0.29) is 0 Å². The Morgan fingerprint density at radius 2 is 1.75 bits per heavy atom. The topological polar surface area (TPSA) is 40.5 Å². The lowest BCUT2D eigenvalue weighted by atomic mass is 9.91. The van der Waals surface area contributed by atoms with Gasteiger partial charge < -0.3 is 10.2 Å². The third-order valence-corrected chi connectivity index (χ3v) is 2.17. The zero-order valence-electron chi connectivity index (χ0n) is 7.36. The van der Waals surface area contributed by atoms with E-state index >= 15 is 0 Å². The van der Waals surface area contributed by atoms with Crippen LogP contribution in [0.15, 0.2) is 30.3 Å². The van der Waals surface area contributed by atoms with Gasteiger partial charge in [-0.25, -0.2) is 0 Å². The first kappa shape index (κ1) is 9.23. The molecule has 1 aromatic rings. The predicted molar refractivity (Wildman–Crippen MR) is 47.7 cm³/mol. The fourth-order valence-electron chi connectivity index (χ4n) is 1.02. The van der Waals surface area contributed by atoms with E-state index < -0.39 is 11.7 Å². The molecule has 0 saturated heterocycles. The predicted octanol–water partition coefficient (Wildman–Crippen LogP) is 1.27. The molecule has 2 heteroatoms. The Hall–Kier alpha value is -0.860. The number of benzene rings is 1. The minimum atomic E-state index is -1.15. The average molecular weight is 166 g/mol. The average Bonchev–Trinajstić information content (AvgIpc) is 2.06. The number of aliphatic hydroxyl groups excluding tert-OH is 1. The molecule has 1 rings (SSSR count). The highest BCUT2D eigenvalue weighted by atomic mass is 16.3. The number of rotatable bonds is 2. The van der Waals surface area contributed by atoms with E-state index in [2.05, 4.69) is 0 Å². The molecule has 0 spiro atoms. The molecule has 2 atom stereocenters. The van der Waals surface area contributed by atoms with Gasteiger partial charge in [0.15, 0.2) is 0 Å². The fraction of sp³-hybridized carbons (Fsp3) is 0.400. The summed E-state index contributed by atoms with van der Waals surface area (Å²) in [5.41, 5.74) is -0.415. The largest absolute Gasteiger partial charge is 0.390 e. The van der Waals surface area contributed by atoms with Crippen molar-refractivity contribution in [1.29, 1.82) is 0 Å². The summed E-state index contributed by atoms with van der Waals surface area (Å²) in [7, 11) is 0. The molecule has 0 amide bonds. The normalized spacial score (nSPS) is 18.3. The Bertz CT molecular complexity index is 239. The maximum atomic E-state index is 9.81. The number of hydrogen-bond acceptors (Lipinski definition) is 2. The smallest absolute Gasteiger partial charge is 0.112 e. The highest BCUT2D eigenvalue weighted by Crippen LogP contribution is 2.23. The van der Waals surface area contributed by atoms with Gasteiger partial charge in [-0.2, -0.15) is 0 Å². The van der Waals surface area contributed by atoms with Crippen molar-refractivity contribution in [1.82, 2.24) is 0 Å². The van der Waals surface area contributed by atoms with E-state index in [4.69, 9.17) is 0 Å². The van der Waals surface area contributed by atoms with Crippen molar-refractivity contribution >= 4 is 0 Å². The Morgan fingerprint density at radius 3 is 2.17 bits per heavy atom. The van der Waals surface area contributed by atoms with Gasteiger partial charge in [-0.15, -0.1) is 0 Å². The molecule has 0 radical (unpaired) electrons. The second kappa shape index (κ2) is 3.25. The quantitative estimate of drug-likeness (QED) is 0.694. The van der Waals surface area contributed by atoms with Crippen molar-refractivity contribution in [2.24, 2.45) is 0 Å². The van der Waals surface area contributed by atoms with Crippen molar-refractivity contribution in [2.75, 3.05) is 0 Å². The molecule has 2 unspecified atom stereocenters. The molecule has 0 aromatic heterocycles. The molecule has 2 nitrogen and oxygen atoms in total. The van der Waals surface area contributed by atoms with Crippen LogP contribution in [-0.4, -0.2) is 16.3 Å². The molecule has 0 fully saturated rings. The van der Waals surface area contributed by atoms with Gasteiger partial charge in [-0.3, -0.25) is 0 Å². The van der Waals surface area contributed by atoms with E-state index in [9.17, 15) is 10.2 Å². The van der Waals surface area contributed by atoms with Crippen LogP contribution in [-0.2, 0) is 5.60 Å². The highest BCUT2D eigenvalue weighted by Gasteiger charge is 2.28. The SMILES string of the molecule is CC(O)C(C)(O)c1ccccc1. The third-order valence-electron chi connectivity index (χ3n) is 2.17. The summed E-state index contributed by atoms with van der Waals surface area (Å²) in [6, 6.07) is 9.15. The maximum Gasteiger partial charge on any atom is 0.112 e. The standard InChI is InChI=1S/C10H14O2/c1-8(11)10(2,12)9-6-4-3-5-7-9/h3-8,11-12H,1-2H3. The summed E-state index contributed by atoms with van der Waals surface area (Å²) >= 11 is 0. The van der Waals surface area contributed by atoms with Crippen LogP contribution in [0.1, 0.15) is 19.4 Å².